The zero-order chi connectivity index (χ0) is 12.9. The van der Waals surface area contributed by atoms with E-state index in [1.54, 1.807) is 6.20 Å². The van der Waals surface area contributed by atoms with Gasteiger partial charge in [-0.15, -0.1) is 0 Å². The van der Waals surface area contributed by atoms with Crippen LogP contribution in [0.5, 0.6) is 5.88 Å². The van der Waals surface area contributed by atoms with E-state index >= 15 is 0 Å². The molecule has 0 amide bonds. The van der Waals surface area contributed by atoms with Crippen molar-refractivity contribution in [3.8, 4) is 5.88 Å². The van der Waals surface area contributed by atoms with E-state index in [0.717, 1.165) is 18.9 Å². The summed E-state index contributed by atoms with van der Waals surface area (Å²) in [6.07, 6.45) is 6.70. The summed E-state index contributed by atoms with van der Waals surface area (Å²) in [5, 5.41) is 7.47. The number of carboxylic acid groups (broad SMARTS) is 1. The fourth-order valence-corrected chi connectivity index (χ4v) is 1.14. The van der Waals surface area contributed by atoms with Crippen LogP contribution in [-0.2, 0) is 18.3 Å². The molecule has 0 spiro atoms. The minimum absolute atomic E-state index is 0.347. The van der Waals surface area contributed by atoms with Gasteiger partial charge in [0.1, 0.15) is 0 Å². The number of rotatable bonds is 6. The van der Waals surface area contributed by atoms with Crippen LogP contribution < -0.4 is 4.74 Å². The van der Waals surface area contributed by atoms with Crippen molar-refractivity contribution in [3.63, 3.8) is 0 Å². The Hall–Kier alpha value is -0.957. The Balaban J connectivity index is 0.000000557. The van der Waals surface area contributed by atoms with Gasteiger partial charge in [-0.05, 0) is 12.5 Å². The molecule has 1 rings (SSSR count). The van der Waals surface area contributed by atoms with Gasteiger partial charge in [0.15, 0.2) is 0 Å². The van der Waals surface area contributed by atoms with Gasteiger partial charge in [0.05, 0.1) is 6.61 Å². The molecule has 0 bridgehead atoms. The van der Waals surface area contributed by atoms with Crippen molar-refractivity contribution in [2.45, 2.75) is 32.6 Å². The summed E-state index contributed by atoms with van der Waals surface area (Å²) in [5.74, 6) is 0.735. The summed E-state index contributed by atoms with van der Waals surface area (Å²) in [7, 11) is 0. The molecule has 91 valence electrons. The standard InChI is InChI=1S/C11H17NO.CHO2.Zn/c1-2-3-4-7-10-13-11-8-5-6-9-12-11;2-1-3;/h5-6,8-9H,2-4,7,10H2,1H3;(H,2,3);. The third-order valence-corrected chi connectivity index (χ3v) is 1.89. The molecule has 0 atom stereocenters. The Bertz CT molecular complexity index is 289. The van der Waals surface area contributed by atoms with Crippen molar-refractivity contribution in [2.75, 3.05) is 6.61 Å². The third kappa shape index (κ3) is 13.0. The number of nitrogens with zero attached hydrogens (tertiary/aromatic N) is 1. The first-order valence-electron chi connectivity index (χ1n) is 5.75. The van der Waals surface area contributed by atoms with Crippen LogP contribution in [0.15, 0.2) is 24.4 Å². The quantitative estimate of drug-likeness (QED) is 0.645. The number of aromatic nitrogens is 1. The summed E-state index contributed by atoms with van der Waals surface area (Å²) >= 11 is 0.347. The SMILES string of the molecule is CCCCCCOc1ccccn1.O=[C](O)[Zn]. The Morgan fingerprint density at radius 2 is 2.12 bits per heavy atom. The van der Waals surface area contributed by atoms with Crippen molar-refractivity contribution >= 4 is 4.56 Å². The van der Waals surface area contributed by atoms with Gasteiger partial charge in [0.25, 0.3) is 0 Å². The minimum atomic E-state index is -0.708. The molecule has 0 radical (unpaired) electrons. The fourth-order valence-electron chi connectivity index (χ4n) is 1.14. The second kappa shape index (κ2) is 11.5. The molecule has 0 fully saturated rings. The van der Waals surface area contributed by atoms with Crippen LogP contribution >= 0.6 is 0 Å². The number of hydrogen-bond donors (Lipinski definition) is 1. The molecule has 1 aromatic heterocycles. The molecule has 0 aliphatic carbocycles. The van der Waals surface area contributed by atoms with E-state index in [2.05, 4.69) is 11.9 Å². The Kier molecular flexibility index (Phi) is 10.9. The first kappa shape index (κ1) is 16.0. The molecule has 1 aromatic rings. The van der Waals surface area contributed by atoms with Crippen molar-refractivity contribution in [2.24, 2.45) is 0 Å². The number of ether oxygens (including phenoxy) is 1. The van der Waals surface area contributed by atoms with Crippen molar-refractivity contribution in [3.05, 3.63) is 24.4 Å². The van der Waals surface area contributed by atoms with Crippen LogP contribution in [0.4, 0.5) is 4.79 Å². The Morgan fingerprint density at radius 3 is 2.65 bits per heavy atom. The molecule has 1 N–H and O–H groups in total. The van der Waals surface area contributed by atoms with Gasteiger partial charge < -0.3 is 4.74 Å². The molecule has 5 heteroatoms. The maximum atomic E-state index is 9.06. The second-order valence-corrected chi connectivity index (χ2v) is 4.74. The average molecular weight is 290 g/mol. The first-order valence-corrected chi connectivity index (χ1v) is 7.24. The van der Waals surface area contributed by atoms with Gasteiger partial charge in [-0.1, -0.05) is 32.3 Å². The molecular formula is C12H18NO3Zn. The number of pyridine rings is 1. The van der Waals surface area contributed by atoms with Gasteiger partial charge >= 0.3 is 32.8 Å². The van der Waals surface area contributed by atoms with Gasteiger partial charge in [-0.2, -0.15) is 0 Å². The normalized spacial score (nSPS) is 9.12. The predicted octanol–water partition coefficient (Wildman–Crippen LogP) is 3.25. The van der Waals surface area contributed by atoms with E-state index in [1.807, 2.05) is 18.2 Å². The van der Waals surface area contributed by atoms with Gasteiger partial charge in [-0.3, -0.25) is 0 Å². The zero-order valence-electron chi connectivity index (χ0n) is 10.3. The summed E-state index contributed by atoms with van der Waals surface area (Å²) in [5.41, 5.74) is 0. The van der Waals surface area contributed by atoms with E-state index in [9.17, 15) is 0 Å². The van der Waals surface area contributed by atoms with E-state index in [1.165, 1.54) is 19.3 Å². The second-order valence-electron chi connectivity index (χ2n) is 3.47. The summed E-state index contributed by atoms with van der Waals surface area (Å²) in [4.78, 5) is 13.1. The average Bonchev–Trinajstić information content (AvgIpc) is 2.29. The van der Waals surface area contributed by atoms with Crippen LogP contribution in [-0.4, -0.2) is 21.3 Å². The number of hydrogen-bond acceptors (Lipinski definition) is 3. The molecule has 1 heterocycles. The zero-order valence-corrected chi connectivity index (χ0v) is 13.2. The van der Waals surface area contributed by atoms with Crippen molar-refractivity contribution in [1.82, 2.24) is 4.98 Å². The predicted molar refractivity (Wildman–Crippen MR) is 61.9 cm³/mol. The van der Waals surface area contributed by atoms with Gasteiger partial charge in [0.2, 0.25) is 5.88 Å². The first-order chi connectivity index (χ1) is 8.16. The summed E-state index contributed by atoms with van der Waals surface area (Å²) < 4.78 is 4.73. The summed E-state index contributed by atoms with van der Waals surface area (Å²) in [6.45, 7) is 3.00. The van der Waals surface area contributed by atoms with Gasteiger partial charge in [0, 0.05) is 12.3 Å². The molecule has 0 saturated heterocycles. The molecule has 0 unspecified atom stereocenters. The van der Waals surface area contributed by atoms with E-state index < -0.39 is 4.56 Å². The molecule has 0 aliphatic heterocycles. The van der Waals surface area contributed by atoms with Gasteiger partial charge in [-0.25, -0.2) is 4.98 Å². The Labute approximate surface area is 112 Å². The monoisotopic (exact) mass is 288 g/mol. The number of unbranched alkanes of at least 4 members (excludes halogenated alkanes) is 3. The molecule has 17 heavy (non-hydrogen) atoms. The van der Waals surface area contributed by atoms with Crippen molar-refractivity contribution in [1.29, 1.82) is 0 Å². The van der Waals surface area contributed by atoms with Crippen LogP contribution in [0, 0.1) is 0 Å². The number of carbonyl (C=O) groups is 1. The Morgan fingerprint density at radius 1 is 1.41 bits per heavy atom. The molecule has 0 aliphatic rings. The molecule has 0 aromatic carbocycles. The van der Waals surface area contributed by atoms with Crippen LogP contribution in [0.1, 0.15) is 32.6 Å². The van der Waals surface area contributed by atoms with Crippen LogP contribution in [0.3, 0.4) is 0 Å². The molecular weight excluding hydrogens is 272 g/mol. The van der Waals surface area contributed by atoms with E-state index in [0.29, 0.717) is 18.3 Å². The third-order valence-electron chi connectivity index (χ3n) is 1.89. The molecule has 0 saturated carbocycles. The van der Waals surface area contributed by atoms with E-state index in [-0.39, 0.29) is 0 Å². The van der Waals surface area contributed by atoms with Crippen LogP contribution in [0.25, 0.3) is 0 Å². The van der Waals surface area contributed by atoms with Crippen molar-refractivity contribution < 1.29 is 32.9 Å². The fraction of sp³-hybridized carbons (Fsp3) is 0.500. The maximum absolute atomic E-state index is 9.06. The van der Waals surface area contributed by atoms with E-state index in [4.69, 9.17) is 14.6 Å². The summed E-state index contributed by atoms with van der Waals surface area (Å²) in [6, 6.07) is 5.72. The molecule has 4 nitrogen and oxygen atoms in total. The topological polar surface area (TPSA) is 59.4 Å². The van der Waals surface area contributed by atoms with Crippen LogP contribution in [0.2, 0.25) is 0 Å².